The molecule has 0 bridgehead atoms. The van der Waals surface area contributed by atoms with Crippen LogP contribution in [0, 0.1) is 18.3 Å². The van der Waals surface area contributed by atoms with Crippen LogP contribution in [0.5, 0.6) is 0 Å². The van der Waals surface area contributed by atoms with Gasteiger partial charge in [0.25, 0.3) is 5.95 Å². The first kappa shape index (κ1) is 21.0. The van der Waals surface area contributed by atoms with Gasteiger partial charge >= 0.3 is 0 Å². The predicted octanol–water partition coefficient (Wildman–Crippen LogP) is 2.88. The van der Waals surface area contributed by atoms with E-state index < -0.39 is 0 Å². The van der Waals surface area contributed by atoms with E-state index in [2.05, 4.69) is 32.1 Å². The van der Waals surface area contributed by atoms with Gasteiger partial charge in [0, 0.05) is 4.88 Å². The Bertz CT molecular complexity index is 1170. The molecule has 31 heavy (non-hydrogen) atoms. The van der Waals surface area contributed by atoms with Gasteiger partial charge in [-0.3, -0.25) is 4.79 Å². The minimum absolute atomic E-state index is 0.0811. The number of fused-ring (bicyclic) bond motifs is 1. The van der Waals surface area contributed by atoms with Gasteiger partial charge < -0.3 is 15.6 Å². The first-order chi connectivity index (χ1) is 15.0. The Morgan fingerprint density at radius 1 is 1.45 bits per heavy atom. The number of amides is 1. The highest BCUT2D eigenvalue weighted by Gasteiger charge is 2.22. The molecule has 160 valence electrons. The van der Waals surface area contributed by atoms with Crippen LogP contribution in [0.2, 0.25) is 0 Å². The Morgan fingerprint density at radius 3 is 3.06 bits per heavy atom. The number of thioether (sulfide) groups is 1. The molecule has 0 unspecified atom stereocenters. The van der Waals surface area contributed by atoms with Crippen LogP contribution in [0.4, 0.5) is 10.9 Å². The van der Waals surface area contributed by atoms with Crippen molar-refractivity contribution in [2.24, 2.45) is 5.10 Å². The number of furan rings is 1. The molecule has 12 heteroatoms. The number of hydrogen-bond acceptors (Lipinski definition) is 10. The number of aromatic nitrogens is 3. The zero-order chi connectivity index (χ0) is 21.8. The molecular weight excluding hydrogens is 436 g/mol. The van der Waals surface area contributed by atoms with Gasteiger partial charge in [-0.05, 0) is 50.3 Å². The number of nitriles is 1. The van der Waals surface area contributed by atoms with Crippen LogP contribution in [0.1, 0.15) is 40.4 Å². The van der Waals surface area contributed by atoms with Crippen molar-refractivity contribution >= 4 is 46.2 Å². The number of nitrogens with two attached hydrogens (primary N) is 1. The monoisotopic (exact) mass is 456 g/mol. The first-order valence-corrected chi connectivity index (χ1v) is 11.4. The van der Waals surface area contributed by atoms with E-state index in [0.29, 0.717) is 21.5 Å². The summed E-state index contributed by atoms with van der Waals surface area (Å²) in [6.07, 6.45) is 5.56. The van der Waals surface area contributed by atoms with E-state index in [1.807, 2.05) is 13.0 Å². The summed E-state index contributed by atoms with van der Waals surface area (Å²) in [5, 5.41) is 25.3. The fourth-order valence-corrected chi connectivity index (χ4v) is 5.11. The van der Waals surface area contributed by atoms with Gasteiger partial charge in [0.15, 0.2) is 0 Å². The Balaban J connectivity index is 1.33. The Morgan fingerprint density at radius 2 is 2.29 bits per heavy atom. The van der Waals surface area contributed by atoms with Gasteiger partial charge in [-0.25, -0.2) is 10.1 Å². The highest BCUT2D eigenvalue weighted by molar-refractivity contribution is 7.99. The van der Waals surface area contributed by atoms with E-state index in [0.717, 1.165) is 48.8 Å². The average molecular weight is 457 g/mol. The molecule has 0 saturated heterocycles. The van der Waals surface area contributed by atoms with Crippen LogP contribution in [0.15, 0.2) is 26.8 Å². The normalized spacial score (nSPS) is 13.2. The highest BCUT2D eigenvalue weighted by Crippen LogP contribution is 2.37. The third-order valence-corrected chi connectivity index (χ3v) is 6.80. The lowest BCUT2D eigenvalue weighted by atomic mass is 9.96. The average Bonchev–Trinajstić information content (AvgIpc) is 3.43. The summed E-state index contributed by atoms with van der Waals surface area (Å²) in [5.74, 6) is 7.42. The van der Waals surface area contributed by atoms with Crippen molar-refractivity contribution in [2.45, 2.75) is 37.8 Å². The van der Waals surface area contributed by atoms with E-state index in [1.54, 1.807) is 6.07 Å². The van der Waals surface area contributed by atoms with E-state index in [-0.39, 0.29) is 17.6 Å². The lowest BCUT2D eigenvalue weighted by molar-refractivity contribution is -0.113. The maximum atomic E-state index is 12.4. The van der Waals surface area contributed by atoms with Crippen LogP contribution < -0.4 is 16.6 Å². The largest absolute Gasteiger partial charge is 0.460 e. The molecule has 10 nitrogen and oxygen atoms in total. The van der Waals surface area contributed by atoms with E-state index in [9.17, 15) is 10.1 Å². The number of hydrazone groups is 1. The second-order valence-corrected chi connectivity index (χ2v) is 8.91. The molecule has 0 radical (unpaired) electrons. The van der Waals surface area contributed by atoms with E-state index in [1.165, 1.54) is 27.1 Å². The molecule has 0 saturated carbocycles. The van der Waals surface area contributed by atoms with Crippen LogP contribution >= 0.6 is 23.1 Å². The van der Waals surface area contributed by atoms with Crippen LogP contribution in [-0.2, 0) is 17.6 Å². The number of nitrogens with one attached hydrogen (secondary N) is 2. The van der Waals surface area contributed by atoms with Crippen molar-refractivity contribution in [3.63, 3.8) is 0 Å². The van der Waals surface area contributed by atoms with Gasteiger partial charge in [-0.2, -0.15) is 10.4 Å². The van der Waals surface area contributed by atoms with Gasteiger partial charge in [0.2, 0.25) is 11.1 Å². The zero-order valence-electron chi connectivity index (χ0n) is 16.7. The number of hydrogen-bond donors (Lipinski definition) is 3. The van der Waals surface area contributed by atoms with Crippen LogP contribution in [0.25, 0.3) is 0 Å². The summed E-state index contributed by atoms with van der Waals surface area (Å²) in [6.45, 7) is 1.84. The fraction of sp³-hybridized carbons (Fsp3) is 0.316. The molecule has 0 atom stereocenters. The number of carbonyl (C=O) groups excluding carboxylic acids is 1. The third-order valence-electron chi connectivity index (χ3n) is 4.65. The van der Waals surface area contributed by atoms with E-state index in [4.69, 9.17) is 10.3 Å². The molecule has 1 amide bonds. The van der Waals surface area contributed by atoms with Gasteiger partial charge in [-0.15, -0.1) is 21.5 Å². The summed E-state index contributed by atoms with van der Waals surface area (Å²) < 4.78 is 6.60. The smallest absolute Gasteiger partial charge is 0.264 e. The summed E-state index contributed by atoms with van der Waals surface area (Å²) in [4.78, 5) is 13.6. The maximum absolute atomic E-state index is 12.4. The molecule has 0 spiro atoms. The molecule has 1 aliphatic rings. The molecule has 3 heterocycles. The summed E-state index contributed by atoms with van der Waals surface area (Å²) >= 11 is 2.64. The lowest BCUT2D eigenvalue weighted by Gasteiger charge is -2.09. The number of nitrogens with zero attached hydrogens (tertiary/aromatic N) is 5. The lowest BCUT2D eigenvalue weighted by Crippen LogP contribution is -2.16. The second-order valence-electron chi connectivity index (χ2n) is 6.86. The fourth-order valence-electron chi connectivity index (χ4n) is 3.19. The predicted molar refractivity (Wildman–Crippen MR) is 120 cm³/mol. The third kappa shape index (κ3) is 4.73. The Labute approximate surface area is 186 Å². The maximum Gasteiger partial charge on any atom is 0.264 e. The van der Waals surface area contributed by atoms with Crippen LogP contribution in [0.3, 0.4) is 0 Å². The Kier molecular flexibility index (Phi) is 6.24. The molecule has 0 aromatic carbocycles. The summed E-state index contributed by atoms with van der Waals surface area (Å²) in [6, 6.07) is 5.86. The quantitative estimate of drug-likeness (QED) is 0.213. The van der Waals surface area contributed by atoms with Gasteiger partial charge in [0.05, 0.1) is 17.5 Å². The number of rotatable bonds is 7. The van der Waals surface area contributed by atoms with Gasteiger partial charge in [-0.1, -0.05) is 11.8 Å². The minimum atomic E-state index is -0.233. The van der Waals surface area contributed by atoms with E-state index >= 15 is 0 Å². The molecule has 3 aromatic heterocycles. The zero-order valence-corrected chi connectivity index (χ0v) is 18.3. The van der Waals surface area contributed by atoms with Crippen molar-refractivity contribution in [1.82, 2.24) is 14.9 Å². The molecular formula is C19H20N8O2S2. The molecule has 4 N–H and O–H groups in total. The molecule has 3 aromatic rings. The molecule has 1 aliphatic carbocycles. The SMILES string of the molecule is Cc1ccc(/C=N/Nc2nnc(SCC(=O)Nc3sc4c(c3C#N)CCCC4)n2N)o1. The van der Waals surface area contributed by atoms with Crippen molar-refractivity contribution in [3.05, 3.63) is 39.7 Å². The Hall–Kier alpha value is -3.30. The second kappa shape index (κ2) is 9.23. The standard InChI is InChI=1S/C19H20N8O2S2/c1-11-6-7-12(29-11)9-22-24-18-25-26-19(27(18)21)30-10-16(28)23-17-14(8-20)13-4-2-3-5-15(13)31-17/h6-7,9H,2-5,10,21H2,1H3,(H,23,28)(H,24,25)/b22-9+. The molecule has 0 aliphatic heterocycles. The first-order valence-electron chi connectivity index (χ1n) is 9.58. The summed E-state index contributed by atoms with van der Waals surface area (Å²) in [7, 11) is 0. The number of aryl methyl sites for hydroxylation is 2. The molecule has 4 rings (SSSR count). The number of nitrogen functional groups attached to an aromatic ring is 1. The van der Waals surface area contributed by atoms with Gasteiger partial charge in [0.1, 0.15) is 22.6 Å². The highest BCUT2D eigenvalue weighted by atomic mass is 32.2. The van der Waals surface area contributed by atoms with Crippen LogP contribution in [-0.4, -0.2) is 32.7 Å². The van der Waals surface area contributed by atoms with Crippen molar-refractivity contribution in [2.75, 3.05) is 22.3 Å². The topological polar surface area (TPSA) is 147 Å². The van der Waals surface area contributed by atoms with Crippen molar-refractivity contribution < 1.29 is 9.21 Å². The summed E-state index contributed by atoms with van der Waals surface area (Å²) in [5.41, 5.74) is 4.37. The molecule has 0 fully saturated rings. The van der Waals surface area contributed by atoms with Crippen molar-refractivity contribution in [1.29, 1.82) is 5.26 Å². The number of thiophene rings is 1. The van der Waals surface area contributed by atoms with Crippen molar-refractivity contribution in [3.8, 4) is 6.07 Å². The number of anilines is 2. The minimum Gasteiger partial charge on any atom is -0.460 e. The number of carbonyl (C=O) groups is 1.